The van der Waals surface area contributed by atoms with Gasteiger partial charge in [-0.05, 0) is 48.6 Å². The molecule has 1 atom stereocenters. The van der Waals surface area contributed by atoms with Gasteiger partial charge in [0.25, 0.3) is 0 Å². The molecular weight excluding hydrogens is 468 g/mol. The van der Waals surface area contributed by atoms with E-state index in [2.05, 4.69) is 28.1 Å². The maximum absolute atomic E-state index is 12.5. The highest BCUT2D eigenvalue weighted by Crippen LogP contribution is 2.33. The fourth-order valence-electron chi connectivity index (χ4n) is 5.15. The first-order valence-electron chi connectivity index (χ1n) is 12.7. The van der Waals surface area contributed by atoms with E-state index < -0.39 is 0 Å². The van der Waals surface area contributed by atoms with Crippen LogP contribution >= 0.6 is 0 Å². The van der Waals surface area contributed by atoms with E-state index in [1.54, 1.807) is 0 Å². The fourth-order valence-corrected chi connectivity index (χ4v) is 5.15. The second-order valence-electron chi connectivity index (χ2n) is 9.70. The number of carbonyl (C=O) groups is 2. The second-order valence-corrected chi connectivity index (χ2v) is 9.70. The van der Waals surface area contributed by atoms with Crippen LogP contribution in [0, 0.1) is 6.92 Å². The van der Waals surface area contributed by atoms with Crippen molar-refractivity contribution in [3.63, 3.8) is 0 Å². The summed E-state index contributed by atoms with van der Waals surface area (Å²) in [5, 5.41) is 0. The Kier molecular flexibility index (Phi) is 7.37. The summed E-state index contributed by atoms with van der Waals surface area (Å²) in [5.74, 6) is 0.826. The SMILES string of the molecule is Cc1nc(Oc2ccc(CC(N)=O)cc2)ccc1CN1CCC(N2C(=O)OC[C@H]2c2ccccc2)CC1. The number of piperidine rings is 1. The zero-order valence-corrected chi connectivity index (χ0v) is 21.0. The zero-order chi connectivity index (χ0) is 25.8. The topological polar surface area (TPSA) is 98.0 Å². The molecule has 8 nitrogen and oxygen atoms in total. The number of benzene rings is 2. The number of nitrogens with two attached hydrogens (primary N) is 1. The quantitative estimate of drug-likeness (QED) is 0.493. The van der Waals surface area contributed by atoms with Crippen LogP contribution in [0.2, 0.25) is 0 Å². The van der Waals surface area contributed by atoms with Crippen LogP contribution in [-0.2, 0) is 22.5 Å². The molecule has 3 heterocycles. The van der Waals surface area contributed by atoms with Crippen molar-refractivity contribution < 1.29 is 19.1 Å². The highest BCUT2D eigenvalue weighted by atomic mass is 16.6. The summed E-state index contributed by atoms with van der Waals surface area (Å²) in [6, 6.07) is 21.5. The van der Waals surface area contributed by atoms with E-state index in [1.165, 1.54) is 0 Å². The Bertz CT molecular complexity index is 1240. The number of amides is 2. The maximum atomic E-state index is 12.5. The lowest BCUT2D eigenvalue weighted by molar-refractivity contribution is -0.117. The van der Waals surface area contributed by atoms with Crippen molar-refractivity contribution in [2.24, 2.45) is 5.73 Å². The molecular formula is C29H32N4O4. The number of pyridine rings is 1. The van der Waals surface area contributed by atoms with Crippen molar-refractivity contribution >= 4 is 12.0 Å². The van der Waals surface area contributed by atoms with Crippen LogP contribution in [0.25, 0.3) is 0 Å². The first kappa shape index (κ1) is 24.8. The van der Waals surface area contributed by atoms with Gasteiger partial charge in [0, 0.05) is 37.4 Å². The van der Waals surface area contributed by atoms with Gasteiger partial charge in [0.05, 0.1) is 12.5 Å². The molecule has 8 heteroatoms. The number of ether oxygens (including phenoxy) is 2. The van der Waals surface area contributed by atoms with Crippen molar-refractivity contribution in [1.29, 1.82) is 0 Å². The molecule has 2 aliphatic heterocycles. The van der Waals surface area contributed by atoms with Gasteiger partial charge in [-0.25, -0.2) is 9.78 Å². The average molecular weight is 501 g/mol. The molecule has 2 N–H and O–H groups in total. The Morgan fingerprint density at radius 2 is 1.78 bits per heavy atom. The van der Waals surface area contributed by atoms with Gasteiger partial charge in [0.1, 0.15) is 12.4 Å². The molecule has 3 aromatic rings. The number of aromatic nitrogens is 1. The highest BCUT2D eigenvalue weighted by Gasteiger charge is 2.40. The minimum atomic E-state index is -0.360. The predicted molar refractivity (Wildman–Crippen MR) is 139 cm³/mol. The van der Waals surface area contributed by atoms with Crippen LogP contribution in [0.1, 0.15) is 41.3 Å². The van der Waals surface area contributed by atoms with Crippen molar-refractivity contribution in [3.05, 3.63) is 89.1 Å². The monoisotopic (exact) mass is 500 g/mol. The number of carbonyl (C=O) groups excluding carboxylic acids is 2. The normalized spacial score (nSPS) is 18.6. The minimum absolute atomic E-state index is 0.0106. The molecule has 2 fully saturated rings. The van der Waals surface area contributed by atoms with Gasteiger partial charge in [-0.2, -0.15) is 0 Å². The largest absolute Gasteiger partial charge is 0.447 e. The van der Waals surface area contributed by atoms with Crippen molar-refractivity contribution in [1.82, 2.24) is 14.8 Å². The summed E-state index contributed by atoms with van der Waals surface area (Å²) >= 11 is 0. The summed E-state index contributed by atoms with van der Waals surface area (Å²) in [5.41, 5.74) is 9.31. The Morgan fingerprint density at radius 1 is 1.05 bits per heavy atom. The Morgan fingerprint density at radius 3 is 2.46 bits per heavy atom. The molecule has 192 valence electrons. The second kappa shape index (κ2) is 11.0. The van der Waals surface area contributed by atoms with Crippen LogP contribution in [0.5, 0.6) is 11.6 Å². The van der Waals surface area contributed by atoms with Gasteiger partial charge in [0.15, 0.2) is 0 Å². The van der Waals surface area contributed by atoms with Crippen LogP contribution in [0.15, 0.2) is 66.7 Å². The number of primary amides is 1. The molecule has 2 aliphatic rings. The maximum Gasteiger partial charge on any atom is 0.410 e. The Hall–Kier alpha value is -3.91. The molecule has 0 aliphatic carbocycles. The summed E-state index contributed by atoms with van der Waals surface area (Å²) in [6.45, 7) is 5.03. The molecule has 0 unspecified atom stereocenters. The van der Waals surface area contributed by atoms with Crippen LogP contribution in [0.3, 0.4) is 0 Å². The highest BCUT2D eigenvalue weighted by molar-refractivity contribution is 5.76. The predicted octanol–water partition coefficient (Wildman–Crippen LogP) is 4.37. The molecule has 0 radical (unpaired) electrons. The van der Waals surface area contributed by atoms with Crippen LogP contribution in [0.4, 0.5) is 4.79 Å². The van der Waals surface area contributed by atoms with Crippen molar-refractivity contribution in [2.75, 3.05) is 19.7 Å². The standard InChI is InChI=1S/C29H32N4O4/c1-20-23(9-12-28(31-20)37-25-10-7-21(8-11-25)17-27(30)34)18-32-15-13-24(14-16-32)33-26(19-36-29(33)35)22-5-3-2-4-6-22/h2-12,24,26H,13-19H2,1H3,(H2,30,34)/t26-/m0/s1. The molecule has 1 aromatic heterocycles. The Labute approximate surface area is 217 Å². The lowest BCUT2D eigenvalue weighted by Crippen LogP contribution is -2.46. The van der Waals surface area contributed by atoms with E-state index in [4.69, 9.17) is 15.2 Å². The van der Waals surface area contributed by atoms with E-state index in [-0.39, 0.29) is 30.5 Å². The summed E-state index contributed by atoms with van der Waals surface area (Å²) in [7, 11) is 0. The van der Waals surface area contributed by atoms with Crippen molar-refractivity contribution in [3.8, 4) is 11.6 Å². The third kappa shape index (κ3) is 5.91. The third-order valence-electron chi connectivity index (χ3n) is 7.13. The smallest absolute Gasteiger partial charge is 0.410 e. The van der Waals surface area contributed by atoms with Gasteiger partial charge in [0.2, 0.25) is 11.8 Å². The number of likely N-dealkylation sites (tertiary alicyclic amines) is 1. The van der Waals surface area contributed by atoms with E-state index >= 15 is 0 Å². The molecule has 37 heavy (non-hydrogen) atoms. The molecule has 0 bridgehead atoms. The molecule has 5 rings (SSSR count). The average Bonchev–Trinajstić information content (AvgIpc) is 3.29. The van der Waals surface area contributed by atoms with Gasteiger partial charge < -0.3 is 15.2 Å². The van der Waals surface area contributed by atoms with E-state index in [1.807, 2.05) is 60.4 Å². The van der Waals surface area contributed by atoms with E-state index in [0.29, 0.717) is 18.2 Å². The van der Waals surface area contributed by atoms with Gasteiger partial charge in [-0.1, -0.05) is 48.5 Å². The van der Waals surface area contributed by atoms with Crippen molar-refractivity contribution in [2.45, 2.75) is 44.8 Å². The molecule has 0 saturated carbocycles. The van der Waals surface area contributed by atoms with E-state index in [0.717, 1.165) is 54.9 Å². The number of hydrogen-bond acceptors (Lipinski definition) is 6. The summed E-state index contributed by atoms with van der Waals surface area (Å²) in [4.78, 5) is 32.6. The number of nitrogens with zero attached hydrogens (tertiary/aromatic N) is 3. The number of rotatable bonds is 8. The summed E-state index contributed by atoms with van der Waals surface area (Å²) in [6.07, 6.45) is 1.83. The number of aryl methyl sites for hydroxylation is 1. The van der Waals surface area contributed by atoms with Gasteiger partial charge in [-0.15, -0.1) is 0 Å². The van der Waals surface area contributed by atoms with E-state index in [9.17, 15) is 9.59 Å². The van der Waals surface area contributed by atoms with Gasteiger partial charge in [-0.3, -0.25) is 14.6 Å². The minimum Gasteiger partial charge on any atom is -0.447 e. The molecule has 2 amide bonds. The molecule has 2 saturated heterocycles. The third-order valence-corrected chi connectivity index (χ3v) is 7.13. The lowest BCUT2D eigenvalue weighted by Gasteiger charge is -2.38. The first-order chi connectivity index (χ1) is 18.0. The fraction of sp³-hybridized carbons (Fsp3) is 0.345. The van der Waals surface area contributed by atoms with Crippen LogP contribution < -0.4 is 10.5 Å². The lowest BCUT2D eigenvalue weighted by atomic mass is 9.98. The summed E-state index contributed by atoms with van der Waals surface area (Å²) < 4.78 is 11.3. The number of cyclic esters (lactones) is 1. The van der Waals surface area contributed by atoms with Gasteiger partial charge >= 0.3 is 6.09 Å². The zero-order valence-electron chi connectivity index (χ0n) is 21.0. The molecule has 0 spiro atoms. The first-order valence-corrected chi connectivity index (χ1v) is 12.7. The van der Waals surface area contributed by atoms with Crippen LogP contribution in [-0.4, -0.2) is 52.5 Å². The molecule has 2 aromatic carbocycles. The number of hydrogen-bond donors (Lipinski definition) is 1. The Balaban J connectivity index is 1.16.